The first-order valence-electron chi connectivity index (χ1n) is 16.3. The third-order valence-corrected chi connectivity index (χ3v) is 15.6. The molecule has 0 amide bonds. The van der Waals surface area contributed by atoms with Gasteiger partial charge in [-0.2, -0.15) is 0 Å². The van der Waals surface area contributed by atoms with Gasteiger partial charge in [0.15, 0.2) is 0 Å². The number of benzene rings is 2. The number of rotatable bonds is 4. The minimum Gasteiger partial charge on any atom is -0.457 e. The highest BCUT2D eigenvalue weighted by atomic mass is 28.3. The van der Waals surface area contributed by atoms with Crippen LogP contribution in [0.2, 0.25) is 18.6 Å². The molecular formula is C39H57NOSi. The molecule has 2 aromatic carbocycles. The molecule has 3 heteroatoms. The van der Waals surface area contributed by atoms with Gasteiger partial charge in [-0.1, -0.05) is 85.0 Å². The molecule has 0 aliphatic heterocycles. The number of fused-ring (bicyclic) bond motifs is 4. The SMILES string of the molecule is CC1CC2C=C3C(=CC2C1[Si](C)(C)N(C(C)(C)C)C(C)(C)C)c1ccc(Oc2ccc(C(C)(C)C)cc2)cc1C3(C)C. The fourth-order valence-corrected chi connectivity index (χ4v) is 16.4. The van der Waals surface area contributed by atoms with Crippen molar-refractivity contribution in [3.05, 3.63) is 76.9 Å². The molecular weight excluding hydrogens is 527 g/mol. The third-order valence-electron chi connectivity index (χ3n) is 10.5. The Morgan fingerprint density at radius 2 is 1.38 bits per heavy atom. The lowest BCUT2D eigenvalue weighted by atomic mass is 9.76. The van der Waals surface area contributed by atoms with E-state index in [1.54, 1.807) is 0 Å². The molecule has 0 bridgehead atoms. The maximum Gasteiger partial charge on any atom is 0.127 e. The van der Waals surface area contributed by atoms with E-state index in [1.807, 2.05) is 0 Å². The molecule has 4 unspecified atom stereocenters. The largest absolute Gasteiger partial charge is 0.457 e. The second-order valence-corrected chi connectivity index (χ2v) is 22.1. The summed E-state index contributed by atoms with van der Waals surface area (Å²) in [7, 11) is -1.84. The van der Waals surface area contributed by atoms with Gasteiger partial charge in [-0.25, -0.2) is 0 Å². The number of allylic oxidation sites excluding steroid dienone is 4. The molecule has 0 radical (unpaired) electrons. The summed E-state index contributed by atoms with van der Waals surface area (Å²) in [5.74, 6) is 3.78. The zero-order valence-electron chi connectivity index (χ0n) is 29.1. The van der Waals surface area contributed by atoms with E-state index in [1.165, 1.54) is 34.3 Å². The van der Waals surface area contributed by atoms with Gasteiger partial charge in [-0.05, 0) is 129 Å². The Morgan fingerprint density at radius 1 is 0.810 bits per heavy atom. The molecule has 1 fully saturated rings. The molecule has 0 heterocycles. The van der Waals surface area contributed by atoms with Crippen molar-refractivity contribution in [1.82, 2.24) is 4.57 Å². The van der Waals surface area contributed by atoms with Crippen LogP contribution in [-0.2, 0) is 10.8 Å². The van der Waals surface area contributed by atoms with Crippen LogP contribution in [-0.4, -0.2) is 23.9 Å². The summed E-state index contributed by atoms with van der Waals surface area (Å²) in [4.78, 5) is 0. The van der Waals surface area contributed by atoms with E-state index < -0.39 is 8.24 Å². The second-order valence-electron chi connectivity index (χ2n) is 17.7. The highest BCUT2D eigenvalue weighted by molar-refractivity contribution is 6.76. The van der Waals surface area contributed by atoms with Gasteiger partial charge >= 0.3 is 0 Å². The summed E-state index contributed by atoms with van der Waals surface area (Å²) in [5, 5.41) is 0. The van der Waals surface area contributed by atoms with E-state index in [0.717, 1.165) is 23.0 Å². The maximum absolute atomic E-state index is 6.42. The molecule has 3 aliphatic rings. The predicted octanol–water partition coefficient (Wildman–Crippen LogP) is 11.1. The number of hydrogen-bond donors (Lipinski definition) is 0. The van der Waals surface area contributed by atoms with Gasteiger partial charge in [0, 0.05) is 16.5 Å². The summed E-state index contributed by atoms with van der Waals surface area (Å²) in [6, 6.07) is 15.4. The summed E-state index contributed by atoms with van der Waals surface area (Å²) in [6.07, 6.45) is 6.73. The van der Waals surface area contributed by atoms with Crippen molar-refractivity contribution in [2.24, 2.45) is 17.8 Å². The molecule has 42 heavy (non-hydrogen) atoms. The van der Waals surface area contributed by atoms with Crippen LogP contribution in [0.1, 0.15) is 106 Å². The summed E-state index contributed by atoms with van der Waals surface area (Å²) in [5.41, 5.74) is 8.25. The first kappa shape index (κ1) is 31.3. The zero-order valence-corrected chi connectivity index (χ0v) is 30.1. The lowest BCUT2D eigenvalue weighted by molar-refractivity contribution is 0.121. The van der Waals surface area contributed by atoms with Crippen LogP contribution in [0.15, 0.2) is 60.2 Å². The smallest absolute Gasteiger partial charge is 0.127 e. The van der Waals surface area contributed by atoms with Crippen LogP contribution in [0.25, 0.3) is 5.57 Å². The van der Waals surface area contributed by atoms with Crippen molar-refractivity contribution >= 4 is 13.8 Å². The molecule has 4 atom stereocenters. The Bertz CT molecular complexity index is 1390. The van der Waals surface area contributed by atoms with Gasteiger partial charge in [0.1, 0.15) is 19.7 Å². The van der Waals surface area contributed by atoms with Gasteiger partial charge in [-0.15, -0.1) is 0 Å². The van der Waals surface area contributed by atoms with Crippen LogP contribution >= 0.6 is 0 Å². The molecule has 3 aliphatic carbocycles. The molecule has 228 valence electrons. The third kappa shape index (κ3) is 5.27. The van der Waals surface area contributed by atoms with E-state index in [9.17, 15) is 0 Å². The lowest BCUT2D eigenvalue weighted by Gasteiger charge is -2.57. The van der Waals surface area contributed by atoms with E-state index in [-0.39, 0.29) is 21.9 Å². The average Bonchev–Trinajstić information content (AvgIpc) is 3.26. The van der Waals surface area contributed by atoms with Crippen LogP contribution in [0, 0.1) is 17.8 Å². The summed E-state index contributed by atoms with van der Waals surface area (Å²) < 4.78 is 9.36. The van der Waals surface area contributed by atoms with E-state index in [0.29, 0.717) is 11.8 Å². The standard InChI is InChI=1S/C39H57NOSi/c1-25-21-26-22-33-32(24-31(26)35(25)42(13,14)40(37(5,6)7)38(8,9)10)30-20-19-29(23-34(30)39(33,11)12)41-28-17-15-27(16-18-28)36(2,3)4/h15-20,22-26,31,35H,21H2,1-14H3. The second kappa shape index (κ2) is 9.96. The first-order chi connectivity index (χ1) is 19.1. The molecule has 1 saturated carbocycles. The Hall–Kier alpha value is -2.10. The van der Waals surface area contributed by atoms with Gasteiger partial charge in [-0.3, -0.25) is 0 Å². The highest BCUT2D eigenvalue weighted by Crippen LogP contribution is 2.61. The number of ether oxygens (including phenoxy) is 1. The predicted molar refractivity (Wildman–Crippen MR) is 184 cm³/mol. The normalized spacial score (nSPS) is 25.5. The van der Waals surface area contributed by atoms with Crippen LogP contribution < -0.4 is 4.74 Å². The summed E-state index contributed by atoms with van der Waals surface area (Å²) in [6.45, 7) is 34.0. The molecule has 5 rings (SSSR count). The molecule has 2 aromatic rings. The van der Waals surface area contributed by atoms with Gasteiger partial charge in [0.25, 0.3) is 0 Å². The van der Waals surface area contributed by atoms with Crippen molar-refractivity contribution in [3.8, 4) is 11.5 Å². The van der Waals surface area contributed by atoms with Gasteiger partial charge in [0.2, 0.25) is 0 Å². The quantitative estimate of drug-likeness (QED) is 0.332. The van der Waals surface area contributed by atoms with Crippen molar-refractivity contribution < 1.29 is 4.74 Å². The Labute approximate surface area is 258 Å². The van der Waals surface area contributed by atoms with Crippen molar-refractivity contribution in [3.63, 3.8) is 0 Å². The topological polar surface area (TPSA) is 12.5 Å². The number of nitrogens with zero attached hydrogens (tertiary/aromatic N) is 1. The fraction of sp³-hybridized carbons (Fsp3) is 0.590. The molecule has 0 saturated heterocycles. The Balaban J connectivity index is 1.50. The minimum absolute atomic E-state index is 0.0290. The highest BCUT2D eigenvalue weighted by Gasteiger charge is 2.56. The maximum atomic E-state index is 6.42. The average molecular weight is 584 g/mol. The van der Waals surface area contributed by atoms with Crippen LogP contribution in [0.5, 0.6) is 11.5 Å². The van der Waals surface area contributed by atoms with Crippen LogP contribution in [0.4, 0.5) is 0 Å². The van der Waals surface area contributed by atoms with Crippen molar-refractivity contribution in [1.29, 1.82) is 0 Å². The Morgan fingerprint density at radius 3 is 1.93 bits per heavy atom. The van der Waals surface area contributed by atoms with Gasteiger partial charge < -0.3 is 9.30 Å². The number of hydrogen-bond acceptors (Lipinski definition) is 2. The van der Waals surface area contributed by atoms with Gasteiger partial charge in [0.05, 0.1) is 0 Å². The van der Waals surface area contributed by atoms with E-state index >= 15 is 0 Å². The minimum atomic E-state index is -1.84. The molecule has 0 N–H and O–H groups in total. The monoisotopic (exact) mass is 583 g/mol. The van der Waals surface area contributed by atoms with Crippen LogP contribution in [0.3, 0.4) is 0 Å². The van der Waals surface area contributed by atoms with E-state index in [4.69, 9.17) is 4.74 Å². The Kier molecular flexibility index (Phi) is 7.43. The lowest BCUT2D eigenvalue weighted by Crippen LogP contribution is -2.67. The molecule has 2 nitrogen and oxygen atoms in total. The van der Waals surface area contributed by atoms with E-state index in [2.05, 4.69) is 155 Å². The van der Waals surface area contributed by atoms with Crippen molar-refractivity contribution in [2.75, 3.05) is 0 Å². The van der Waals surface area contributed by atoms with Crippen molar-refractivity contribution in [2.45, 2.75) is 130 Å². The molecule has 0 aromatic heterocycles. The fourth-order valence-electron chi connectivity index (χ4n) is 9.85. The zero-order chi connectivity index (χ0) is 31.2. The molecule has 0 spiro atoms. The summed E-state index contributed by atoms with van der Waals surface area (Å²) >= 11 is 0. The first-order valence-corrected chi connectivity index (χ1v) is 19.3.